The maximum atomic E-state index is 12.8. The highest BCUT2D eigenvalue weighted by atomic mass is 32.1. The van der Waals surface area contributed by atoms with E-state index in [-0.39, 0.29) is 17.4 Å². The molecule has 0 radical (unpaired) electrons. The quantitative estimate of drug-likeness (QED) is 0.534. The van der Waals surface area contributed by atoms with E-state index >= 15 is 0 Å². The summed E-state index contributed by atoms with van der Waals surface area (Å²) in [6.45, 7) is 6.98. The number of H-pyrrole nitrogens is 1. The van der Waals surface area contributed by atoms with Gasteiger partial charge in [0.2, 0.25) is 5.95 Å². The Hall–Kier alpha value is -3.46. The molecule has 0 spiro atoms. The van der Waals surface area contributed by atoms with Gasteiger partial charge < -0.3 is 9.73 Å². The fraction of sp³-hybridized carbons (Fsp3) is 0.200. The van der Waals surface area contributed by atoms with Crippen LogP contribution in [0.4, 0.5) is 5.82 Å². The lowest BCUT2D eigenvalue weighted by Crippen LogP contribution is -2.20. The van der Waals surface area contributed by atoms with Gasteiger partial charge in [-0.3, -0.25) is 14.6 Å². The molecule has 4 aromatic rings. The Balaban J connectivity index is 1.81. The summed E-state index contributed by atoms with van der Waals surface area (Å²) >= 11 is 1.53. The number of furan rings is 1. The van der Waals surface area contributed by atoms with E-state index in [1.165, 1.54) is 16.0 Å². The fourth-order valence-corrected chi connectivity index (χ4v) is 3.63. The molecule has 0 aliphatic rings. The Morgan fingerprint density at radius 3 is 2.66 bits per heavy atom. The number of carbonyl (C=O) groups excluding carboxylic acids is 1. The number of aromatic nitrogens is 4. The molecule has 29 heavy (non-hydrogen) atoms. The zero-order valence-electron chi connectivity index (χ0n) is 16.4. The van der Waals surface area contributed by atoms with Gasteiger partial charge in [0.25, 0.3) is 11.5 Å². The predicted octanol–water partition coefficient (Wildman–Crippen LogP) is 3.76. The van der Waals surface area contributed by atoms with Gasteiger partial charge in [-0.15, -0.1) is 11.3 Å². The number of aryl methyl sites for hydroxylation is 3. The monoisotopic (exact) mass is 409 g/mol. The van der Waals surface area contributed by atoms with E-state index < -0.39 is 0 Å². The minimum absolute atomic E-state index is 0.233. The second-order valence-electron chi connectivity index (χ2n) is 6.68. The average molecular weight is 409 g/mol. The third-order valence-corrected chi connectivity index (χ3v) is 5.49. The van der Waals surface area contributed by atoms with Crippen LogP contribution in [0.15, 0.2) is 38.9 Å². The highest BCUT2D eigenvalue weighted by Crippen LogP contribution is 2.28. The number of hydrogen-bond acceptors (Lipinski definition) is 6. The van der Waals surface area contributed by atoms with Gasteiger partial charge >= 0.3 is 0 Å². The number of carbonyl (C=O) groups is 1. The highest BCUT2D eigenvalue weighted by Gasteiger charge is 2.20. The topological polar surface area (TPSA) is 106 Å². The van der Waals surface area contributed by atoms with Gasteiger partial charge in [-0.1, -0.05) is 6.07 Å². The van der Waals surface area contributed by atoms with Crippen LogP contribution in [0.25, 0.3) is 16.5 Å². The van der Waals surface area contributed by atoms with Crippen molar-refractivity contribution in [3.8, 4) is 16.5 Å². The lowest BCUT2D eigenvalue weighted by molar-refractivity contribution is 0.102. The number of nitrogens with one attached hydrogen (secondary N) is 2. The molecular formula is C20H19N5O3S. The number of thiophene rings is 1. The summed E-state index contributed by atoms with van der Waals surface area (Å²) in [5.41, 5.74) is 1.98. The van der Waals surface area contributed by atoms with E-state index in [0.717, 1.165) is 4.88 Å². The van der Waals surface area contributed by atoms with Gasteiger partial charge in [-0.2, -0.15) is 9.78 Å². The zero-order valence-corrected chi connectivity index (χ0v) is 17.2. The van der Waals surface area contributed by atoms with Crippen molar-refractivity contribution in [2.24, 2.45) is 0 Å². The predicted molar refractivity (Wildman–Crippen MR) is 111 cm³/mol. The minimum atomic E-state index is -0.329. The van der Waals surface area contributed by atoms with Gasteiger partial charge in [0.1, 0.15) is 23.0 Å². The van der Waals surface area contributed by atoms with Gasteiger partial charge in [-0.25, -0.2) is 4.98 Å². The number of aromatic amines is 1. The van der Waals surface area contributed by atoms with Crippen LogP contribution >= 0.6 is 11.3 Å². The lowest BCUT2D eigenvalue weighted by atomic mass is 10.2. The number of hydrogen-bond donors (Lipinski definition) is 2. The first-order valence-electron chi connectivity index (χ1n) is 8.93. The SMILES string of the molecule is Cc1cc(C(=O)Nc2cc(-c3cccs3)nn2-c2nc(C)c(C)c(=O)[nH]2)c(C)o1. The van der Waals surface area contributed by atoms with Crippen LogP contribution in [-0.4, -0.2) is 25.7 Å². The molecule has 9 heteroatoms. The maximum absolute atomic E-state index is 12.8. The Bertz CT molecular complexity index is 1260. The van der Waals surface area contributed by atoms with Crippen LogP contribution in [-0.2, 0) is 0 Å². The van der Waals surface area contributed by atoms with Crippen molar-refractivity contribution in [2.75, 3.05) is 5.32 Å². The summed E-state index contributed by atoms with van der Waals surface area (Å²) in [5.74, 6) is 1.48. The number of anilines is 1. The first kappa shape index (κ1) is 18.9. The molecule has 0 saturated carbocycles. The molecule has 0 fully saturated rings. The van der Waals surface area contributed by atoms with Gasteiger partial charge in [-0.05, 0) is 45.2 Å². The van der Waals surface area contributed by atoms with Gasteiger partial charge in [0, 0.05) is 17.3 Å². The van der Waals surface area contributed by atoms with Gasteiger partial charge in [0.15, 0.2) is 0 Å². The zero-order chi connectivity index (χ0) is 20.7. The van der Waals surface area contributed by atoms with Crippen LogP contribution in [0.5, 0.6) is 0 Å². The minimum Gasteiger partial charge on any atom is -0.466 e. The Labute approximate surface area is 170 Å². The molecule has 8 nitrogen and oxygen atoms in total. The molecule has 0 aliphatic heterocycles. The molecular weight excluding hydrogens is 390 g/mol. The second-order valence-corrected chi connectivity index (χ2v) is 7.63. The molecule has 148 valence electrons. The molecule has 0 aromatic carbocycles. The Kier molecular flexibility index (Phi) is 4.67. The largest absolute Gasteiger partial charge is 0.466 e. The molecule has 4 aromatic heterocycles. The Morgan fingerprint density at radius 2 is 2.03 bits per heavy atom. The molecule has 4 heterocycles. The standard InChI is InChI=1S/C20H19N5O3S/c1-10-8-14(13(4)28-10)19(27)22-17-9-15(16-6-5-7-29-16)24-25(17)20-21-12(3)11(2)18(26)23-20/h5-9H,1-4H3,(H,22,27)(H,21,23,26). The van der Waals surface area contributed by atoms with Crippen molar-refractivity contribution in [3.63, 3.8) is 0 Å². The number of rotatable bonds is 4. The van der Waals surface area contributed by atoms with E-state index in [2.05, 4.69) is 20.4 Å². The second kappa shape index (κ2) is 7.17. The first-order valence-corrected chi connectivity index (χ1v) is 9.81. The fourth-order valence-electron chi connectivity index (χ4n) is 2.95. The summed E-state index contributed by atoms with van der Waals surface area (Å²) in [7, 11) is 0. The van der Waals surface area contributed by atoms with Crippen molar-refractivity contribution >= 4 is 23.1 Å². The van der Waals surface area contributed by atoms with Crippen LogP contribution in [0.2, 0.25) is 0 Å². The molecule has 0 atom stereocenters. The molecule has 0 bridgehead atoms. The van der Waals surface area contributed by atoms with Crippen molar-refractivity contribution in [2.45, 2.75) is 27.7 Å². The van der Waals surface area contributed by atoms with Crippen LogP contribution in [0, 0.1) is 27.7 Å². The van der Waals surface area contributed by atoms with Gasteiger partial charge in [0.05, 0.1) is 10.4 Å². The lowest BCUT2D eigenvalue weighted by Gasteiger charge is -2.09. The third-order valence-electron chi connectivity index (χ3n) is 4.59. The van der Waals surface area contributed by atoms with E-state index in [4.69, 9.17) is 4.42 Å². The molecule has 0 unspecified atom stereocenters. The van der Waals surface area contributed by atoms with Crippen molar-refractivity contribution in [3.05, 3.63) is 68.3 Å². The summed E-state index contributed by atoms with van der Waals surface area (Å²) < 4.78 is 6.89. The average Bonchev–Trinajstić information content (AvgIpc) is 3.39. The molecule has 0 aliphatic carbocycles. The summed E-state index contributed by atoms with van der Waals surface area (Å²) in [4.78, 5) is 33.1. The molecule has 1 amide bonds. The normalized spacial score (nSPS) is 11.0. The number of amides is 1. The van der Waals surface area contributed by atoms with Crippen molar-refractivity contribution in [1.82, 2.24) is 19.7 Å². The maximum Gasteiger partial charge on any atom is 0.260 e. The van der Waals surface area contributed by atoms with E-state index in [1.54, 1.807) is 39.8 Å². The van der Waals surface area contributed by atoms with Crippen molar-refractivity contribution < 1.29 is 9.21 Å². The summed E-state index contributed by atoms with van der Waals surface area (Å²) in [6.07, 6.45) is 0. The van der Waals surface area contributed by atoms with Crippen LogP contribution < -0.4 is 10.9 Å². The summed E-state index contributed by atoms with van der Waals surface area (Å²) in [5, 5.41) is 9.37. The molecule has 2 N–H and O–H groups in total. The first-order chi connectivity index (χ1) is 13.8. The summed E-state index contributed by atoms with van der Waals surface area (Å²) in [6, 6.07) is 7.29. The highest BCUT2D eigenvalue weighted by molar-refractivity contribution is 7.13. The van der Waals surface area contributed by atoms with E-state index in [9.17, 15) is 9.59 Å². The smallest absolute Gasteiger partial charge is 0.260 e. The number of nitrogens with zero attached hydrogens (tertiary/aromatic N) is 3. The molecule has 0 saturated heterocycles. The van der Waals surface area contributed by atoms with E-state index in [0.29, 0.717) is 39.9 Å². The van der Waals surface area contributed by atoms with E-state index in [1.807, 2.05) is 17.5 Å². The van der Waals surface area contributed by atoms with Crippen molar-refractivity contribution in [1.29, 1.82) is 0 Å². The molecule has 4 rings (SSSR count). The van der Waals surface area contributed by atoms with Crippen LogP contribution in [0.3, 0.4) is 0 Å². The van der Waals surface area contributed by atoms with Crippen LogP contribution in [0.1, 0.15) is 33.1 Å². The third kappa shape index (κ3) is 3.52. The Morgan fingerprint density at radius 1 is 1.24 bits per heavy atom.